The standard InChI is InChI=1S/C29H59O9P/c1-3-5-7-9-11-13-14-16-18-20-22-35-25-28(26-37-39(33,34)36-24-27(31)23-30)38-29(32)21-19-17-15-12-10-8-6-4-2/h27-28,30-31H,3-26H2,1-2H3,(H,33,34). The Bertz CT molecular complexity index is 591. The first-order chi connectivity index (χ1) is 18.8. The van der Waals surface area contributed by atoms with Crippen molar-refractivity contribution in [3.8, 4) is 0 Å². The van der Waals surface area contributed by atoms with E-state index >= 15 is 0 Å². The minimum atomic E-state index is -4.49. The number of hydrogen-bond donors (Lipinski definition) is 3. The highest BCUT2D eigenvalue weighted by molar-refractivity contribution is 7.47. The fourth-order valence-corrected chi connectivity index (χ4v) is 4.91. The molecule has 0 aromatic rings. The van der Waals surface area contributed by atoms with E-state index in [1.165, 1.54) is 83.5 Å². The molecule has 3 atom stereocenters. The van der Waals surface area contributed by atoms with Crippen molar-refractivity contribution < 1.29 is 43.0 Å². The lowest BCUT2D eigenvalue weighted by molar-refractivity contribution is -0.154. The van der Waals surface area contributed by atoms with Crippen molar-refractivity contribution in [2.24, 2.45) is 0 Å². The van der Waals surface area contributed by atoms with Gasteiger partial charge >= 0.3 is 13.8 Å². The Balaban J connectivity index is 4.31. The Kier molecular flexibility index (Phi) is 27.2. The number of unbranched alkanes of at least 4 members (excludes halogenated alkanes) is 16. The third-order valence-corrected chi connectivity index (χ3v) is 7.49. The number of hydrogen-bond acceptors (Lipinski definition) is 8. The van der Waals surface area contributed by atoms with E-state index in [4.69, 9.17) is 19.1 Å². The molecule has 39 heavy (non-hydrogen) atoms. The molecule has 0 radical (unpaired) electrons. The van der Waals surface area contributed by atoms with Crippen LogP contribution in [-0.4, -0.2) is 66.3 Å². The second kappa shape index (κ2) is 27.6. The van der Waals surface area contributed by atoms with Gasteiger partial charge < -0.3 is 24.6 Å². The molecule has 0 aliphatic heterocycles. The monoisotopic (exact) mass is 582 g/mol. The van der Waals surface area contributed by atoms with Crippen LogP contribution in [0.25, 0.3) is 0 Å². The van der Waals surface area contributed by atoms with Gasteiger partial charge in [-0.1, -0.05) is 117 Å². The quantitative estimate of drug-likeness (QED) is 0.0472. The Morgan fingerprint density at radius 3 is 1.67 bits per heavy atom. The van der Waals surface area contributed by atoms with Crippen molar-refractivity contribution >= 4 is 13.8 Å². The maximum absolute atomic E-state index is 12.4. The lowest BCUT2D eigenvalue weighted by atomic mass is 10.1. The summed E-state index contributed by atoms with van der Waals surface area (Å²) in [4.78, 5) is 22.2. The predicted molar refractivity (Wildman–Crippen MR) is 155 cm³/mol. The van der Waals surface area contributed by atoms with E-state index in [2.05, 4.69) is 18.4 Å². The molecule has 0 aliphatic rings. The van der Waals surface area contributed by atoms with E-state index in [9.17, 15) is 19.4 Å². The molecule has 0 rings (SSSR count). The summed E-state index contributed by atoms with van der Waals surface area (Å²) < 4.78 is 32.9. The average Bonchev–Trinajstić information content (AvgIpc) is 2.92. The van der Waals surface area contributed by atoms with Gasteiger partial charge in [0, 0.05) is 13.0 Å². The average molecular weight is 583 g/mol. The summed E-state index contributed by atoms with van der Waals surface area (Å²) in [6.07, 6.45) is 19.3. The van der Waals surface area contributed by atoms with Gasteiger partial charge in [-0.3, -0.25) is 13.8 Å². The molecule has 0 bridgehead atoms. The van der Waals surface area contributed by atoms with Crippen molar-refractivity contribution in [1.29, 1.82) is 0 Å². The first-order valence-electron chi connectivity index (χ1n) is 15.5. The number of ether oxygens (including phenoxy) is 2. The molecule has 0 aromatic heterocycles. The number of esters is 1. The molecule has 0 aromatic carbocycles. The van der Waals surface area contributed by atoms with Gasteiger partial charge in [-0.15, -0.1) is 0 Å². The van der Waals surface area contributed by atoms with Crippen LogP contribution in [0.5, 0.6) is 0 Å². The first-order valence-corrected chi connectivity index (χ1v) is 17.0. The predicted octanol–water partition coefficient (Wildman–Crippen LogP) is 6.85. The number of phosphoric acid groups is 1. The van der Waals surface area contributed by atoms with E-state index < -0.39 is 33.2 Å². The summed E-state index contributed by atoms with van der Waals surface area (Å²) in [6, 6.07) is 0. The summed E-state index contributed by atoms with van der Waals surface area (Å²) in [5, 5.41) is 18.1. The van der Waals surface area contributed by atoms with Crippen LogP contribution in [0.15, 0.2) is 0 Å². The summed E-state index contributed by atoms with van der Waals surface area (Å²) in [5.41, 5.74) is 0. The van der Waals surface area contributed by atoms with Crippen molar-refractivity contribution in [2.45, 2.75) is 148 Å². The Morgan fingerprint density at radius 1 is 0.692 bits per heavy atom. The van der Waals surface area contributed by atoms with Gasteiger partial charge in [-0.2, -0.15) is 0 Å². The van der Waals surface area contributed by atoms with Gasteiger partial charge in [0.2, 0.25) is 0 Å². The van der Waals surface area contributed by atoms with E-state index in [1.807, 2.05) is 0 Å². The molecule has 0 aliphatic carbocycles. The SMILES string of the molecule is CCCCCCCCCCCCOCC(COP(=O)(O)OCC(O)CO)OC(=O)CCCCCCCCCC. The van der Waals surface area contributed by atoms with Crippen LogP contribution in [-0.2, 0) is 27.9 Å². The molecule has 3 N–H and O–H groups in total. The third kappa shape index (κ3) is 27.4. The van der Waals surface area contributed by atoms with Crippen molar-refractivity contribution in [1.82, 2.24) is 0 Å². The maximum atomic E-state index is 12.4. The zero-order valence-corrected chi connectivity index (χ0v) is 25.8. The molecular weight excluding hydrogens is 523 g/mol. The van der Waals surface area contributed by atoms with Crippen LogP contribution in [0.3, 0.4) is 0 Å². The van der Waals surface area contributed by atoms with Gasteiger partial charge in [-0.25, -0.2) is 4.57 Å². The Labute approximate surface area is 238 Å². The Morgan fingerprint density at radius 2 is 1.15 bits per heavy atom. The minimum Gasteiger partial charge on any atom is -0.457 e. The molecule has 3 unspecified atom stereocenters. The van der Waals surface area contributed by atoms with Crippen LogP contribution in [0.4, 0.5) is 0 Å². The van der Waals surface area contributed by atoms with Crippen molar-refractivity contribution in [3.63, 3.8) is 0 Å². The lowest BCUT2D eigenvalue weighted by Crippen LogP contribution is -2.29. The van der Waals surface area contributed by atoms with Crippen LogP contribution in [0.2, 0.25) is 0 Å². The summed E-state index contributed by atoms with van der Waals surface area (Å²) in [7, 11) is -4.49. The highest BCUT2D eigenvalue weighted by Gasteiger charge is 2.26. The third-order valence-electron chi connectivity index (χ3n) is 6.54. The van der Waals surface area contributed by atoms with E-state index in [0.717, 1.165) is 32.1 Å². The normalized spacial score (nSPS) is 14.7. The number of aliphatic hydroxyl groups is 2. The van der Waals surface area contributed by atoms with Gasteiger partial charge in [0.05, 0.1) is 26.4 Å². The van der Waals surface area contributed by atoms with E-state index in [0.29, 0.717) is 6.61 Å². The number of carbonyl (C=O) groups excluding carboxylic acids is 1. The van der Waals surface area contributed by atoms with Crippen molar-refractivity contribution in [3.05, 3.63) is 0 Å². The smallest absolute Gasteiger partial charge is 0.457 e. The van der Waals surface area contributed by atoms with Crippen LogP contribution in [0, 0.1) is 0 Å². The number of rotatable bonds is 30. The van der Waals surface area contributed by atoms with Gasteiger partial charge in [0.15, 0.2) is 0 Å². The van der Waals surface area contributed by atoms with Crippen LogP contribution in [0.1, 0.15) is 136 Å². The van der Waals surface area contributed by atoms with E-state index in [1.54, 1.807) is 0 Å². The summed E-state index contributed by atoms with van der Waals surface area (Å²) in [5.74, 6) is -0.387. The van der Waals surface area contributed by atoms with Crippen LogP contribution >= 0.6 is 7.82 Å². The summed E-state index contributed by atoms with van der Waals surface area (Å²) >= 11 is 0. The van der Waals surface area contributed by atoms with Gasteiger partial charge in [0.1, 0.15) is 12.2 Å². The van der Waals surface area contributed by atoms with Crippen LogP contribution < -0.4 is 0 Å². The molecule has 234 valence electrons. The molecule has 0 saturated heterocycles. The topological polar surface area (TPSA) is 132 Å². The maximum Gasteiger partial charge on any atom is 0.472 e. The second-order valence-corrected chi connectivity index (χ2v) is 11.9. The molecule has 0 saturated carbocycles. The largest absolute Gasteiger partial charge is 0.472 e. The number of carbonyl (C=O) groups is 1. The number of phosphoric ester groups is 1. The molecule has 0 amide bonds. The lowest BCUT2D eigenvalue weighted by Gasteiger charge is -2.20. The minimum absolute atomic E-state index is 0.0554. The highest BCUT2D eigenvalue weighted by Crippen LogP contribution is 2.43. The number of aliphatic hydroxyl groups excluding tert-OH is 2. The zero-order chi connectivity index (χ0) is 29.0. The molecule has 10 heteroatoms. The van der Waals surface area contributed by atoms with Crippen molar-refractivity contribution in [2.75, 3.05) is 33.0 Å². The Hall–Kier alpha value is -0.540. The fourth-order valence-electron chi connectivity index (χ4n) is 4.12. The fraction of sp³-hybridized carbons (Fsp3) is 0.966. The molecule has 0 fully saturated rings. The summed E-state index contributed by atoms with van der Waals surface area (Å²) in [6.45, 7) is 3.46. The zero-order valence-electron chi connectivity index (χ0n) is 24.9. The van der Waals surface area contributed by atoms with Gasteiger partial charge in [0.25, 0.3) is 0 Å². The molecule has 9 nitrogen and oxygen atoms in total. The highest BCUT2D eigenvalue weighted by atomic mass is 31.2. The first kappa shape index (κ1) is 38.5. The molecule has 0 spiro atoms. The molecular formula is C29H59O9P. The molecule has 0 heterocycles. The second-order valence-electron chi connectivity index (χ2n) is 10.5. The van der Waals surface area contributed by atoms with Gasteiger partial charge in [-0.05, 0) is 12.8 Å². The van der Waals surface area contributed by atoms with E-state index in [-0.39, 0.29) is 25.6 Å².